The van der Waals surface area contributed by atoms with Gasteiger partial charge < -0.3 is 15.0 Å². The molecule has 1 unspecified atom stereocenters. The number of nitrogens with one attached hydrogen (secondary N) is 1. The lowest BCUT2D eigenvalue weighted by molar-refractivity contribution is 0.0176. The highest BCUT2D eigenvalue weighted by atomic mass is 32.2. The molecule has 0 spiro atoms. The smallest absolute Gasteiger partial charge is 0.193 e. The minimum atomic E-state index is -3.06. The molecular weight excluding hydrogens is 384 g/mol. The Bertz CT molecular complexity index is 741. The molecule has 3 heterocycles. The van der Waals surface area contributed by atoms with Crippen LogP contribution in [-0.4, -0.2) is 87.7 Å². The number of hydrogen-bond acceptors (Lipinski definition) is 6. The van der Waals surface area contributed by atoms with Gasteiger partial charge in [0.1, 0.15) is 0 Å². The van der Waals surface area contributed by atoms with E-state index in [1.807, 2.05) is 0 Å². The molecule has 152 valence electrons. The molecule has 2 fully saturated rings. The molecule has 9 heteroatoms. The fourth-order valence-corrected chi connectivity index (χ4v) is 5.85. The molecule has 0 amide bonds. The summed E-state index contributed by atoms with van der Waals surface area (Å²) in [7, 11) is -1.31. The number of aliphatic imine (C=N–C) groups is 1. The van der Waals surface area contributed by atoms with Gasteiger partial charge in [-0.25, -0.2) is 8.42 Å². The first-order valence-electron chi connectivity index (χ1n) is 9.37. The monoisotopic (exact) mass is 414 g/mol. The zero-order valence-corrected chi connectivity index (χ0v) is 18.0. The lowest BCUT2D eigenvalue weighted by Gasteiger charge is -2.40. The molecule has 1 aromatic heterocycles. The first-order valence-corrected chi connectivity index (χ1v) is 11.9. The van der Waals surface area contributed by atoms with Crippen LogP contribution in [-0.2, 0) is 14.6 Å². The van der Waals surface area contributed by atoms with E-state index in [4.69, 9.17) is 4.74 Å². The SMILES string of the molecule is CN=C(NCC(c1cccs1)N1CCOCC1)N1CCS(=O)(=O)C(C)(C)C1. The fraction of sp³-hybridized carbons (Fsp3) is 0.722. The highest BCUT2D eigenvalue weighted by Gasteiger charge is 2.41. The summed E-state index contributed by atoms with van der Waals surface area (Å²) < 4.78 is 29.3. The van der Waals surface area contributed by atoms with Gasteiger partial charge in [0.25, 0.3) is 0 Å². The number of guanidine groups is 1. The van der Waals surface area contributed by atoms with Crippen molar-refractivity contribution in [3.8, 4) is 0 Å². The minimum absolute atomic E-state index is 0.165. The van der Waals surface area contributed by atoms with Crippen LogP contribution < -0.4 is 5.32 Å². The van der Waals surface area contributed by atoms with Crippen molar-refractivity contribution >= 4 is 27.1 Å². The van der Waals surface area contributed by atoms with Crippen LogP contribution in [0, 0.1) is 0 Å². The Morgan fingerprint density at radius 1 is 1.37 bits per heavy atom. The largest absolute Gasteiger partial charge is 0.379 e. The van der Waals surface area contributed by atoms with Crippen LogP contribution in [0.3, 0.4) is 0 Å². The molecule has 27 heavy (non-hydrogen) atoms. The summed E-state index contributed by atoms with van der Waals surface area (Å²) in [4.78, 5) is 10.2. The quantitative estimate of drug-likeness (QED) is 0.590. The molecule has 3 rings (SSSR count). The number of thiophene rings is 1. The third-order valence-corrected chi connectivity index (χ3v) is 8.87. The number of ether oxygens (including phenoxy) is 1. The third-order valence-electron chi connectivity index (χ3n) is 5.37. The van der Waals surface area contributed by atoms with Gasteiger partial charge in [-0.15, -0.1) is 11.3 Å². The number of hydrogen-bond donors (Lipinski definition) is 1. The van der Waals surface area contributed by atoms with Crippen molar-refractivity contribution in [2.24, 2.45) is 4.99 Å². The first-order chi connectivity index (χ1) is 12.8. The molecular formula is C18H30N4O3S2. The molecule has 0 aromatic carbocycles. The Labute approximate surface area is 166 Å². The van der Waals surface area contributed by atoms with E-state index in [1.165, 1.54) is 4.88 Å². The lowest BCUT2D eigenvalue weighted by Crippen LogP contribution is -2.57. The van der Waals surface area contributed by atoms with Crippen molar-refractivity contribution in [2.75, 3.05) is 58.7 Å². The van der Waals surface area contributed by atoms with Gasteiger partial charge in [-0.3, -0.25) is 9.89 Å². The van der Waals surface area contributed by atoms with Gasteiger partial charge in [0.15, 0.2) is 15.8 Å². The predicted molar refractivity (Wildman–Crippen MR) is 110 cm³/mol. The molecule has 2 aliphatic rings. The zero-order chi connectivity index (χ0) is 19.5. The first kappa shape index (κ1) is 20.6. The predicted octanol–water partition coefficient (Wildman–Crippen LogP) is 1.21. The molecule has 2 saturated heterocycles. The Morgan fingerprint density at radius 3 is 2.70 bits per heavy atom. The van der Waals surface area contributed by atoms with Crippen LogP contribution in [0.25, 0.3) is 0 Å². The van der Waals surface area contributed by atoms with Crippen molar-refractivity contribution in [3.05, 3.63) is 22.4 Å². The van der Waals surface area contributed by atoms with Crippen molar-refractivity contribution in [1.82, 2.24) is 15.1 Å². The van der Waals surface area contributed by atoms with Gasteiger partial charge in [-0.1, -0.05) is 6.07 Å². The maximum absolute atomic E-state index is 12.3. The maximum Gasteiger partial charge on any atom is 0.193 e. The van der Waals surface area contributed by atoms with E-state index in [1.54, 1.807) is 32.2 Å². The van der Waals surface area contributed by atoms with Gasteiger partial charge in [0.05, 0.1) is 29.8 Å². The van der Waals surface area contributed by atoms with Gasteiger partial charge >= 0.3 is 0 Å². The van der Waals surface area contributed by atoms with Gasteiger partial charge in [0.2, 0.25) is 0 Å². The fourth-order valence-electron chi connectivity index (χ4n) is 3.62. The molecule has 0 bridgehead atoms. The normalized spacial score (nSPS) is 24.6. The van der Waals surface area contributed by atoms with Gasteiger partial charge in [-0.2, -0.15) is 0 Å². The second kappa shape index (κ2) is 8.46. The van der Waals surface area contributed by atoms with E-state index in [2.05, 4.69) is 37.6 Å². The van der Waals surface area contributed by atoms with Gasteiger partial charge in [0, 0.05) is 44.6 Å². The molecule has 7 nitrogen and oxygen atoms in total. The summed E-state index contributed by atoms with van der Waals surface area (Å²) in [6.07, 6.45) is 0. The average Bonchev–Trinajstić information content (AvgIpc) is 3.16. The van der Waals surface area contributed by atoms with Crippen LogP contribution in [0.15, 0.2) is 22.5 Å². The van der Waals surface area contributed by atoms with Crippen molar-refractivity contribution in [1.29, 1.82) is 0 Å². The third kappa shape index (κ3) is 4.64. The number of rotatable bonds is 4. The Kier molecular flexibility index (Phi) is 6.45. The second-order valence-corrected chi connectivity index (χ2v) is 11.3. The van der Waals surface area contributed by atoms with E-state index < -0.39 is 14.6 Å². The molecule has 0 aliphatic carbocycles. The summed E-state index contributed by atoms with van der Waals surface area (Å²) in [6.45, 7) is 8.60. The Balaban J connectivity index is 1.68. The van der Waals surface area contributed by atoms with E-state index in [0.717, 1.165) is 38.8 Å². The second-order valence-electron chi connectivity index (χ2n) is 7.61. The van der Waals surface area contributed by atoms with E-state index in [-0.39, 0.29) is 11.8 Å². The molecule has 2 aliphatic heterocycles. The van der Waals surface area contributed by atoms with E-state index >= 15 is 0 Å². The van der Waals surface area contributed by atoms with Crippen molar-refractivity contribution in [3.63, 3.8) is 0 Å². The Hall–Kier alpha value is -1.16. The standard InChI is InChI=1S/C18H30N4O3S2/c1-18(2)14-22(8-12-27(18,23)24)17(19-3)20-13-15(16-5-4-11-26-16)21-6-9-25-10-7-21/h4-5,11,15H,6-10,12-14H2,1-3H3,(H,19,20). The molecule has 1 atom stereocenters. The summed E-state index contributed by atoms with van der Waals surface area (Å²) >= 11 is 1.76. The zero-order valence-electron chi connectivity index (χ0n) is 16.3. The summed E-state index contributed by atoms with van der Waals surface area (Å²) in [5.74, 6) is 0.936. The van der Waals surface area contributed by atoms with Crippen LogP contribution in [0.4, 0.5) is 0 Å². The maximum atomic E-state index is 12.3. The molecule has 0 saturated carbocycles. The summed E-state index contributed by atoms with van der Waals surface area (Å²) in [5.41, 5.74) is 0. The lowest BCUT2D eigenvalue weighted by atomic mass is 10.1. The molecule has 1 aromatic rings. The Morgan fingerprint density at radius 2 is 2.11 bits per heavy atom. The van der Waals surface area contributed by atoms with Crippen molar-refractivity contribution < 1.29 is 13.2 Å². The van der Waals surface area contributed by atoms with E-state index in [9.17, 15) is 8.42 Å². The van der Waals surface area contributed by atoms with Crippen LogP contribution in [0.2, 0.25) is 0 Å². The topological polar surface area (TPSA) is 74.2 Å². The minimum Gasteiger partial charge on any atom is -0.379 e. The van der Waals surface area contributed by atoms with Crippen LogP contribution in [0.5, 0.6) is 0 Å². The van der Waals surface area contributed by atoms with Gasteiger partial charge in [-0.05, 0) is 25.3 Å². The average molecular weight is 415 g/mol. The van der Waals surface area contributed by atoms with Crippen LogP contribution >= 0.6 is 11.3 Å². The number of sulfone groups is 1. The molecule has 0 radical (unpaired) electrons. The van der Waals surface area contributed by atoms with Crippen LogP contribution in [0.1, 0.15) is 24.8 Å². The molecule has 1 N–H and O–H groups in total. The van der Waals surface area contributed by atoms with Crippen molar-refractivity contribution in [2.45, 2.75) is 24.6 Å². The summed E-state index contributed by atoms with van der Waals surface area (Å²) in [5, 5.41) is 5.60. The summed E-state index contributed by atoms with van der Waals surface area (Å²) in [6, 6.07) is 4.51. The highest BCUT2D eigenvalue weighted by Crippen LogP contribution is 2.26. The number of nitrogens with zero attached hydrogens (tertiary/aromatic N) is 3. The van der Waals surface area contributed by atoms with E-state index in [0.29, 0.717) is 13.1 Å². The number of morpholine rings is 1. The highest BCUT2D eigenvalue weighted by molar-refractivity contribution is 7.92.